The number of aromatic nitrogens is 1. The molecule has 1 aromatic heterocycles. The van der Waals surface area contributed by atoms with Gasteiger partial charge in [-0.2, -0.15) is 0 Å². The molecule has 1 saturated heterocycles. The number of anilines is 4. The summed E-state index contributed by atoms with van der Waals surface area (Å²) in [6, 6.07) is 10.3. The van der Waals surface area contributed by atoms with Crippen LogP contribution in [0.1, 0.15) is 40.5 Å². The molecule has 8 heteroatoms. The average Bonchev–Trinajstić information content (AvgIpc) is 2.63. The molecule has 3 rings (SSSR count). The van der Waals surface area contributed by atoms with Gasteiger partial charge in [-0.25, -0.2) is 9.37 Å². The van der Waals surface area contributed by atoms with E-state index < -0.39 is 11.1 Å². The molecule has 7 nitrogen and oxygen atoms in total. The SMILES string of the molecule is CC1C(F)CCCN1c1ccc(Nc2nc(NC(C)(C)C)ccc2[N+](=O)[O-])cc1. The molecule has 0 spiro atoms. The standard InChI is InChI=1S/C21H28FN5O2/c1-14-17(22)6-5-13-26(14)16-9-7-15(8-10-16)23-20-18(27(28)29)11-12-19(24-20)25-21(2,3)4/h7-12,14,17H,5-6,13H2,1-4H3,(H2,23,24,25). The van der Waals surface area contributed by atoms with Gasteiger partial charge in [-0.05, 0) is 70.9 Å². The van der Waals surface area contributed by atoms with Crippen molar-refractivity contribution in [2.75, 3.05) is 22.1 Å². The summed E-state index contributed by atoms with van der Waals surface area (Å²) in [4.78, 5) is 17.4. The van der Waals surface area contributed by atoms with Crippen LogP contribution in [0.25, 0.3) is 0 Å². The quantitative estimate of drug-likeness (QED) is 0.524. The zero-order valence-corrected chi connectivity index (χ0v) is 17.3. The Hall–Kier alpha value is -2.90. The fourth-order valence-corrected chi connectivity index (χ4v) is 3.48. The van der Waals surface area contributed by atoms with Gasteiger partial charge in [0.2, 0.25) is 5.82 Å². The maximum atomic E-state index is 14.0. The van der Waals surface area contributed by atoms with Gasteiger partial charge in [-0.15, -0.1) is 0 Å². The van der Waals surface area contributed by atoms with Crippen LogP contribution >= 0.6 is 0 Å². The van der Waals surface area contributed by atoms with Crippen LogP contribution < -0.4 is 15.5 Å². The van der Waals surface area contributed by atoms with Crippen molar-refractivity contribution in [2.24, 2.45) is 0 Å². The lowest BCUT2D eigenvalue weighted by molar-refractivity contribution is -0.384. The predicted octanol–water partition coefficient (Wildman–Crippen LogP) is 5.27. The van der Waals surface area contributed by atoms with E-state index in [0.717, 1.165) is 18.7 Å². The van der Waals surface area contributed by atoms with E-state index in [0.29, 0.717) is 17.9 Å². The van der Waals surface area contributed by atoms with Gasteiger partial charge >= 0.3 is 5.69 Å². The number of halogens is 1. The molecule has 29 heavy (non-hydrogen) atoms. The Labute approximate surface area is 170 Å². The summed E-state index contributed by atoms with van der Waals surface area (Å²) in [5.74, 6) is 0.727. The highest BCUT2D eigenvalue weighted by molar-refractivity contribution is 5.69. The van der Waals surface area contributed by atoms with Crippen molar-refractivity contribution in [3.05, 3.63) is 46.5 Å². The maximum Gasteiger partial charge on any atom is 0.311 e. The number of benzene rings is 1. The summed E-state index contributed by atoms with van der Waals surface area (Å²) in [5, 5.41) is 17.7. The van der Waals surface area contributed by atoms with Gasteiger partial charge in [0.05, 0.1) is 11.0 Å². The molecule has 2 unspecified atom stereocenters. The Kier molecular flexibility index (Phi) is 5.91. The fraction of sp³-hybridized carbons (Fsp3) is 0.476. The van der Waals surface area contributed by atoms with Gasteiger partial charge in [-0.1, -0.05) is 0 Å². The molecule has 0 aliphatic carbocycles. The molecule has 2 atom stereocenters. The van der Waals surface area contributed by atoms with E-state index in [-0.39, 0.29) is 23.1 Å². The molecule has 0 bridgehead atoms. The Bertz CT molecular complexity index is 866. The smallest absolute Gasteiger partial charge is 0.311 e. The van der Waals surface area contributed by atoms with Crippen molar-refractivity contribution in [1.29, 1.82) is 0 Å². The van der Waals surface area contributed by atoms with Gasteiger partial charge in [0, 0.05) is 29.5 Å². The van der Waals surface area contributed by atoms with E-state index in [2.05, 4.69) is 20.5 Å². The highest BCUT2D eigenvalue weighted by atomic mass is 19.1. The second kappa shape index (κ2) is 8.23. The third-order valence-corrected chi connectivity index (χ3v) is 4.93. The van der Waals surface area contributed by atoms with E-state index in [4.69, 9.17) is 0 Å². The van der Waals surface area contributed by atoms with E-state index in [1.54, 1.807) is 6.07 Å². The van der Waals surface area contributed by atoms with E-state index >= 15 is 0 Å². The molecule has 2 aromatic rings. The zero-order chi connectivity index (χ0) is 21.2. The minimum atomic E-state index is -0.827. The molecular formula is C21H28FN5O2. The number of nitrogens with zero attached hydrogens (tertiary/aromatic N) is 3. The highest BCUT2D eigenvalue weighted by Gasteiger charge is 2.27. The van der Waals surface area contributed by atoms with Crippen molar-refractivity contribution in [3.63, 3.8) is 0 Å². The first kappa shape index (κ1) is 20.8. The number of nitrogens with one attached hydrogen (secondary N) is 2. The van der Waals surface area contributed by atoms with Crippen molar-refractivity contribution < 1.29 is 9.31 Å². The van der Waals surface area contributed by atoms with Crippen LogP contribution in [-0.4, -0.2) is 34.2 Å². The second-order valence-corrected chi connectivity index (χ2v) is 8.46. The molecule has 1 fully saturated rings. The number of rotatable bonds is 5. The van der Waals surface area contributed by atoms with Gasteiger partial charge in [0.25, 0.3) is 0 Å². The van der Waals surface area contributed by atoms with Crippen LogP contribution in [-0.2, 0) is 0 Å². The lowest BCUT2D eigenvalue weighted by Gasteiger charge is -2.37. The summed E-state index contributed by atoms with van der Waals surface area (Å²) in [7, 11) is 0. The first-order chi connectivity index (χ1) is 13.6. The molecule has 1 aromatic carbocycles. The van der Waals surface area contributed by atoms with Gasteiger partial charge in [0.1, 0.15) is 12.0 Å². The lowest BCUT2D eigenvalue weighted by atomic mass is 10.0. The van der Waals surface area contributed by atoms with Crippen LogP contribution in [0.4, 0.5) is 33.1 Å². The molecular weight excluding hydrogens is 373 g/mol. The third-order valence-electron chi connectivity index (χ3n) is 4.93. The number of hydrogen-bond acceptors (Lipinski definition) is 6. The lowest BCUT2D eigenvalue weighted by Crippen LogP contribution is -2.44. The van der Waals surface area contributed by atoms with Gasteiger partial charge in [0.15, 0.2) is 0 Å². The Morgan fingerprint density at radius 2 is 1.90 bits per heavy atom. The van der Waals surface area contributed by atoms with Crippen LogP contribution in [0.2, 0.25) is 0 Å². The minimum absolute atomic E-state index is 0.0986. The molecule has 156 valence electrons. The number of nitro groups is 1. The molecule has 0 amide bonds. The first-order valence-corrected chi connectivity index (χ1v) is 9.85. The van der Waals surface area contributed by atoms with Crippen LogP contribution in [0.15, 0.2) is 36.4 Å². The van der Waals surface area contributed by atoms with E-state index in [1.807, 2.05) is 52.0 Å². The minimum Gasteiger partial charge on any atom is -0.366 e. The van der Waals surface area contributed by atoms with Crippen LogP contribution in [0.5, 0.6) is 0 Å². The summed E-state index contributed by atoms with van der Waals surface area (Å²) >= 11 is 0. The van der Waals surface area contributed by atoms with Crippen molar-refractivity contribution in [1.82, 2.24) is 4.98 Å². The monoisotopic (exact) mass is 401 g/mol. The summed E-state index contributed by atoms with van der Waals surface area (Å²) in [6.07, 6.45) is 0.604. The van der Waals surface area contributed by atoms with Crippen molar-refractivity contribution >= 4 is 28.7 Å². The van der Waals surface area contributed by atoms with Crippen molar-refractivity contribution in [2.45, 2.75) is 58.3 Å². The second-order valence-electron chi connectivity index (χ2n) is 8.46. The molecule has 2 N–H and O–H groups in total. The number of hydrogen-bond donors (Lipinski definition) is 2. The Morgan fingerprint density at radius 3 is 2.52 bits per heavy atom. The molecule has 0 radical (unpaired) electrons. The van der Waals surface area contributed by atoms with Crippen LogP contribution in [0, 0.1) is 10.1 Å². The summed E-state index contributed by atoms with van der Waals surface area (Å²) in [5.41, 5.74) is 1.30. The largest absolute Gasteiger partial charge is 0.366 e. The topological polar surface area (TPSA) is 83.3 Å². The molecule has 2 heterocycles. The summed E-state index contributed by atoms with van der Waals surface area (Å²) in [6.45, 7) is 8.70. The predicted molar refractivity (Wildman–Crippen MR) is 115 cm³/mol. The van der Waals surface area contributed by atoms with Crippen LogP contribution in [0.3, 0.4) is 0 Å². The highest BCUT2D eigenvalue weighted by Crippen LogP contribution is 2.31. The zero-order valence-electron chi connectivity index (χ0n) is 17.3. The molecule has 1 aliphatic heterocycles. The number of piperidine rings is 1. The maximum absolute atomic E-state index is 14.0. The first-order valence-electron chi connectivity index (χ1n) is 9.85. The average molecular weight is 401 g/mol. The summed E-state index contributed by atoms with van der Waals surface area (Å²) < 4.78 is 14.0. The van der Waals surface area contributed by atoms with Gasteiger partial charge < -0.3 is 15.5 Å². The Morgan fingerprint density at radius 1 is 1.21 bits per heavy atom. The Balaban J connectivity index is 1.81. The van der Waals surface area contributed by atoms with E-state index in [9.17, 15) is 14.5 Å². The molecule has 0 saturated carbocycles. The number of alkyl halides is 1. The third kappa shape index (κ3) is 5.13. The number of pyridine rings is 1. The van der Waals surface area contributed by atoms with Gasteiger partial charge in [-0.3, -0.25) is 10.1 Å². The van der Waals surface area contributed by atoms with E-state index in [1.165, 1.54) is 6.07 Å². The normalized spacial score (nSPS) is 19.7. The van der Waals surface area contributed by atoms with Crippen molar-refractivity contribution in [3.8, 4) is 0 Å². The molecule has 1 aliphatic rings. The fourth-order valence-electron chi connectivity index (χ4n) is 3.48.